The summed E-state index contributed by atoms with van der Waals surface area (Å²) in [5.41, 5.74) is 0. The van der Waals surface area contributed by atoms with Gasteiger partial charge in [-0.2, -0.15) is 0 Å². The van der Waals surface area contributed by atoms with E-state index in [2.05, 4.69) is 17.2 Å². The lowest BCUT2D eigenvalue weighted by atomic mass is 9.91. The molecule has 1 heterocycles. The van der Waals surface area contributed by atoms with Crippen LogP contribution in [0.3, 0.4) is 0 Å². The van der Waals surface area contributed by atoms with E-state index >= 15 is 0 Å². The Morgan fingerprint density at radius 1 is 1.21 bits per heavy atom. The van der Waals surface area contributed by atoms with Gasteiger partial charge in [-0.15, -0.1) is 0 Å². The molecule has 11 heteroatoms. The van der Waals surface area contributed by atoms with Crippen LogP contribution in [0.25, 0.3) is 0 Å². The Kier molecular flexibility index (Phi) is 6.98. The molecule has 0 aliphatic carbocycles. The summed E-state index contributed by atoms with van der Waals surface area (Å²) in [6, 6.07) is 0. The molecule has 0 bridgehead atoms. The van der Waals surface area contributed by atoms with Crippen LogP contribution in [-0.4, -0.2) is 42.7 Å². The third kappa shape index (κ3) is 3.42. The Morgan fingerprint density at radius 3 is 2.16 bits per heavy atom. The van der Waals surface area contributed by atoms with Gasteiger partial charge >= 0.3 is 0 Å². The van der Waals surface area contributed by atoms with Gasteiger partial charge in [0, 0.05) is 6.92 Å². The van der Waals surface area contributed by atoms with E-state index in [1.807, 2.05) is 0 Å². The highest BCUT2D eigenvalue weighted by molar-refractivity contribution is 6.09. The highest BCUT2D eigenvalue weighted by Gasteiger charge is 2.61. The number of carbonyl (C=O) groups is 1. The first-order valence-electron chi connectivity index (χ1n) is 4.89. The van der Waals surface area contributed by atoms with E-state index in [4.69, 9.17) is 52.2 Å². The third-order valence-corrected chi connectivity index (χ3v) is 3.42. The van der Waals surface area contributed by atoms with Gasteiger partial charge in [0.25, 0.3) is 5.85 Å². The molecule has 19 heavy (non-hydrogen) atoms. The van der Waals surface area contributed by atoms with Gasteiger partial charge in [0.15, 0.2) is 11.9 Å². The Balaban J connectivity index is 3.12. The summed E-state index contributed by atoms with van der Waals surface area (Å²) in [6.07, 6.45) is -5.34. The highest BCUT2D eigenvalue weighted by atomic mass is 35.5. The monoisotopic (exact) mass is 360 g/mol. The van der Waals surface area contributed by atoms with Crippen molar-refractivity contribution in [1.82, 2.24) is 0 Å². The van der Waals surface area contributed by atoms with Crippen molar-refractivity contribution in [3.8, 4) is 0 Å². The van der Waals surface area contributed by atoms with Crippen LogP contribution in [0.1, 0.15) is 6.92 Å². The molecule has 0 saturated carbocycles. The van der Waals surface area contributed by atoms with Crippen molar-refractivity contribution in [2.24, 2.45) is 0 Å². The molecule has 0 spiro atoms. The quantitative estimate of drug-likeness (QED) is 0.724. The van der Waals surface area contributed by atoms with Gasteiger partial charge in [-0.05, 0) is 0 Å². The lowest BCUT2D eigenvalue weighted by molar-refractivity contribution is -0.288. The first-order valence-corrected chi connectivity index (χ1v) is 6.13. The largest absolute Gasteiger partial charge is 0.329 e. The number of hydrogen-bond acceptors (Lipinski definition) is 6. The van der Waals surface area contributed by atoms with Crippen LogP contribution < -0.4 is 0 Å². The molecule has 1 fully saturated rings. The maximum atomic E-state index is 14.6. The summed E-state index contributed by atoms with van der Waals surface area (Å²) in [5.74, 6) is -3.92. The van der Waals surface area contributed by atoms with Crippen molar-refractivity contribution < 1.29 is 31.1 Å². The second-order valence-electron chi connectivity index (χ2n) is 3.75. The smallest absolute Gasteiger partial charge is 0.299 e. The van der Waals surface area contributed by atoms with Crippen LogP contribution in [0.5, 0.6) is 0 Å². The molecule has 0 radical (unpaired) electrons. The minimum absolute atomic E-state index is 0.344. The number of carbonyl (C=O) groups excluding carboxylic acids is 1. The van der Waals surface area contributed by atoms with Gasteiger partial charge in [-0.3, -0.25) is 22.0 Å². The Labute approximate surface area is 128 Å². The summed E-state index contributed by atoms with van der Waals surface area (Å²) in [7, 11) is 0. The van der Waals surface area contributed by atoms with Crippen LogP contribution in [-0.2, 0) is 26.7 Å². The second-order valence-corrected chi connectivity index (χ2v) is 4.50. The predicted molar refractivity (Wildman–Crippen MR) is 63.4 cm³/mol. The lowest BCUT2D eigenvalue weighted by Gasteiger charge is -2.44. The van der Waals surface area contributed by atoms with Crippen LogP contribution in [0.15, 0.2) is 0 Å². The molecular weight excluding hydrogens is 353 g/mol. The molecule has 1 rings (SSSR count). The molecule has 0 aromatic carbocycles. The van der Waals surface area contributed by atoms with Gasteiger partial charge in [0.2, 0.25) is 0 Å². The molecule has 1 saturated heterocycles. The molecular formula is C8H9Cl4FO6. The molecule has 6 nitrogen and oxygen atoms in total. The van der Waals surface area contributed by atoms with Crippen LogP contribution in [0.2, 0.25) is 0 Å². The van der Waals surface area contributed by atoms with Gasteiger partial charge in [0.1, 0.15) is 18.3 Å². The fraction of sp³-hybridized carbons (Fsp3) is 0.875. The van der Waals surface area contributed by atoms with Gasteiger partial charge in [0.05, 0.1) is 54.1 Å². The Bertz CT molecular complexity index is 324. The first kappa shape index (κ1) is 17.6. The molecule has 1 aliphatic heterocycles. The van der Waals surface area contributed by atoms with Crippen molar-refractivity contribution >= 4 is 53.2 Å². The van der Waals surface area contributed by atoms with Gasteiger partial charge in [-0.25, -0.2) is 4.39 Å². The fourth-order valence-electron chi connectivity index (χ4n) is 1.74. The molecule has 0 unspecified atom stereocenters. The first-order chi connectivity index (χ1) is 8.96. The molecule has 5 atom stereocenters. The second kappa shape index (κ2) is 7.53. The number of halogens is 5. The minimum Gasteiger partial charge on any atom is -0.329 e. The van der Waals surface area contributed by atoms with Crippen molar-refractivity contribution in [2.45, 2.75) is 37.2 Å². The SMILES string of the molecule is CC(=O)[C@@]1(F)O[C@H](COCl)[C@H](OCl)[C@H](OCl)[C@H]1OCl. The normalized spacial score (nSPS) is 39.3. The zero-order valence-electron chi connectivity index (χ0n) is 9.36. The Morgan fingerprint density at radius 2 is 1.79 bits per heavy atom. The summed E-state index contributed by atoms with van der Waals surface area (Å²) in [4.78, 5) is 11.4. The van der Waals surface area contributed by atoms with E-state index < -0.39 is 36.1 Å². The number of alkyl halides is 1. The minimum atomic E-state index is -2.91. The van der Waals surface area contributed by atoms with E-state index in [-0.39, 0.29) is 6.61 Å². The molecule has 0 N–H and O–H groups in total. The van der Waals surface area contributed by atoms with E-state index in [0.29, 0.717) is 0 Å². The molecule has 1 aliphatic rings. The summed E-state index contributed by atoms with van der Waals surface area (Å²) >= 11 is 20.7. The van der Waals surface area contributed by atoms with Crippen molar-refractivity contribution in [3.05, 3.63) is 0 Å². The average Bonchev–Trinajstić information content (AvgIpc) is 2.38. The van der Waals surface area contributed by atoms with Crippen LogP contribution in [0, 0.1) is 0 Å². The van der Waals surface area contributed by atoms with Gasteiger partial charge in [-0.1, -0.05) is 0 Å². The predicted octanol–water partition coefficient (Wildman–Crippen LogP) is 2.43. The van der Waals surface area contributed by atoms with Crippen molar-refractivity contribution in [2.75, 3.05) is 6.61 Å². The summed E-state index contributed by atoms with van der Waals surface area (Å²) in [5, 5.41) is 0. The highest BCUT2D eigenvalue weighted by Crippen LogP contribution is 2.38. The van der Waals surface area contributed by atoms with E-state index in [9.17, 15) is 9.18 Å². The van der Waals surface area contributed by atoms with Crippen molar-refractivity contribution in [1.29, 1.82) is 0 Å². The molecule has 0 aromatic rings. The summed E-state index contributed by atoms with van der Waals surface area (Å²) in [6.45, 7) is 0.596. The summed E-state index contributed by atoms with van der Waals surface area (Å²) < 4.78 is 37.2. The molecule has 0 amide bonds. The standard InChI is InChI=1S/C8H9Cl4FO6/c1-3(14)8(13)7(19-12)6(18-11)5(17-10)4(16-8)2-15-9/h4-7H,2H2,1H3/t4-,5+,6+,7-,8-/m1/s1. The molecule has 112 valence electrons. The number of ether oxygens (including phenoxy) is 1. The topological polar surface area (TPSA) is 63.2 Å². The number of ketones is 1. The molecule has 0 aromatic heterocycles. The zero-order chi connectivity index (χ0) is 14.6. The zero-order valence-corrected chi connectivity index (χ0v) is 12.4. The maximum absolute atomic E-state index is 14.6. The van der Waals surface area contributed by atoms with E-state index in [1.54, 1.807) is 0 Å². The number of hydrogen-bond donors (Lipinski definition) is 0. The third-order valence-electron chi connectivity index (χ3n) is 2.69. The van der Waals surface area contributed by atoms with Crippen molar-refractivity contribution in [3.63, 3.8) is 0 Å². The van der Waals surface area contributed by atoms with E-state index in [1.165, 1.54) is 0 Å². The van der Waals surface area contributed by atoms with Crippen LogP contribution >= 0.6 is 47.5 Å². The fourth-order valence-corrected chi connectivity index (χ4v) is 2.49. The van der Waals surface area contributed by atoms with Gasteiger partial charge < -0.3 is 4.74 Å². The average molecular weight is 362 g/mol. The Hall–Kier alpha value is 0.560. The number of Topliss-reactive ketones (excluding diaryl/α,β-unsaturated/α-hetero) is 1. The van der Waals surface area contributed by atoms with E-state index in [0.717, 1.165) is 6.92 Å². The maximum Gasteiger partial charge on any atom is 0.299 e. The lowest BCUT2D eigenvalue weighted by Crippen LogP contribution is -2.66. The number of rotatable bonds is 6. The van der Waals surface area contributed by atoms with Crippen LogP contribution in [0.4, 0.5) is 4.39 Å².